The van der Waals surface area contributed by atoms with E-state index < -0.39 is 0 Å². The van der Waals surface area contributed by atoms with Crippen molar-refractivity contribution in [2.45, 2.75) is 6.17 Å². The summed E-state index contributed by atoms with van der Waals surface area (Å²) in [6.45, 7) is 0. The third-order valence-corrected chi connectivity index (χ3v) is 2.92. The zero-order chi connectivity index (χ0) is 12.5. The van der Waals surface area contributed by atoms with Gasteiger partial charge < -0.3 is 16.8 Å². The predicted molar refractivity (Wildman–Crippen MR) is 73.1 cm³/mol. The van der Waals surface area contributed by atoms with E-state index in [-0.39, 0.29) is 6.17 Å². The SMILES string of the molecule is Nc1cncc(-c2ccc3c(c2)C(N)N=CN3)c1. The second-order valence-corrected chi connectivity index (χ2v) is 4.18. The van der Waals surface area contributed by atoms with Crippen LogP contribution in [0, 0.1) is 0 Å². The fourth-order valence-electron chi connectivity index (χ4n) is 2.00. The maximum Gasteiger partial charge on any atom is 0.126 e. The van der Waals surface area contributed by atoms with E-state index in [1.54, 1.807) is 18.7 Å². The van der Waals surface area contributed by atoms with Crippen LogP contribution in [0.15, 0.2) is 41.7 Å². The van der Waals surface area contributed by atoms with Crippen molar-refractivity contribution in [1.82, 2.24) is 4.98 Å². The Morgan fingerprint density at radius 1 is 1.11 bits per heavy atom. The van der Waals surface area contributed by atoms with Crippen LogP contribution in [-0.4, -0.2) is 11.3 Å². The molecule has 2 aromatic rings. The van der Waals surface area contributed by atoms with Crippen molar-refractivity contribution in [3.63, 3.8) is 0 Å². The number of nitrogens with one attached hydrogen (secondary N) is 1. The molecule has 1 aliphatic heterocycles. The standard InChI is InChI=1S/C13H13N5/c14-10-3-9(5-16-6-10)8-1-2-12-11(4-8)13(15)18-7-17-12/h1-7,13H,14-15H2,(H,17,18). The van der Waals surface area contributed by atoms with Gasteiger partial charge in [0, 0.05) is 29.2 Å². The molecule has 3 rings (SSSR count). The number of aliphatic imine (C=N–C) groups is 1. The largest absolute Gasteiger partial charge is 0.397 e. The Labute approximate surface area is 105 Å². The summed E-state index contributed by atoms with van der Waals surface area (Å²) in [5.74, 6) is 0. The number of nitrogen functional groups attached to an aromatic ring is 1. The monoisotopic (exact) mass is 239 g/mol. The van der Waals surface area contributed by atoms with Crippen molar-refractivity contribution in [1.29, 1.82) is 0 Å². The molecule has 5 nitrogen and oxygen atoms in total. The van der Waals surface area contributed by atoms with Gasteiger partial charge >= 0.3 is 0 Å². The number of hydrogen-bond donors (Lipinski definition) is 3. The molecule has 0 saturated carbocycles. The first-order valence-electron chi connectivity index (χ1n) is 5.62. The van der Waals surface area contributed by atoms with Gasteiger partial charge in [-0.05, 0) is 23.8 Å². The Kier molecular flexibility index (Phi) is 2.46. The summed E-state index contributed by atoms with van der Waals surface area (Å²) in [4.78, 5) is 8.22. The number of nitrogens with zero attached hydrogens (tertiary/aromatic N) is 2. The molecule has 0 bridgehead atoms. The van der Waals surface area contributed by atoms with Crippen LogP contribution in [0.4, 0.5) is 11.4 Å². The predicted octanol–water partition coefficient (Wildman–Crippen LogP) is 1.74. The van der Waals surface area contributed by atoms with E-state index in [9.17, 15) is 0 Å². The number of pyridine rings is 1. The van der Waals surface area contributed by atoms with Crippen LogP contribution < -0.4 is 16.8 Å². The van der Waals surface area contributed by atoms with E-state index in [1.807, 2.05) is 24.3 Å². The minimum atomic E-state index is -0.324. The van der Waals surface area contributed by atoms with Crippen LogP contribution in [-0.2, 0) is 0 Å². The minimum absolute atomic E-state index is 0.324. The lowest BCUT2D eigenvalue weighted by molar-refractivity contribution is 0.775. The zero-order valence-corrected chi connectivity index (χ0v) is 9.67. The molecule has 0 aliphatic carbocycles. The Hall–Kier alpha value is -2.40. The molecule has 5 N–H and O–H groups in total. The normalized spacial score (nSPS) is 17.1. The third kappa shape index (κ3) is 1.80. The molecular weight excluding hydrogens is 226 g/mol. The molecule has 0 amide bonds. The molecule has 2 heterocycles. The second kappa shape index (κ2) is 4.12. The van der Waals surface area contributed by atoms with E-state index in [4.69, 9.17) is 11.5 Å². The van der Waals surface area contributed by atoms with Crippen LogP contribution in [0.25, 0.3) is 11.1 Å². The van der Waals surface area contributed by atoms with Crippen molar-refractivity contribution >= 4 is 17.7 Å². The highest BCUT2D eigenvalue weighted by Gasteiger charge is 2.14. The smallest absolute Gasteiger partial charge is 0.126 e. The van der Waals surface area contributed by atoms with Crippen molar-refractivity contribution in [3.8, 4) is 11.1 Å². The summed E-state index contributed by atoms with van der Waals surface area (Å²) in [6, 6.07) is 7.90. The van der Waals surface area contributed by atoms with Gasteiger partial charge in [-0.1, -0.05) is 6.07 Å². The maximum atomic E-state index is 5.94. The molecular formula is C13H13N5. The number of fused-ring (bicyclic) bond motifs is 1. The highest BCUT2D eigenvalue weighted by molar-refractivity contribution is 5.82. The first-order chi connectivity index (χ1) is 8.74. The van der Waals surface area contributed by atoms with Gasteiger partial charge in [0.15, 0.2) is 0 Å². The molecule has 1 aromatic carbocycles. The average Bonchev–Trinajstić information content (AvgIpc) is 2.39. The Morgan fingerprint density at radius 2 is 2.00 bits per heavy atom. The Morgan fingerprint density at radius 3 is 2.83 bits per heavy atom. The van der Waals surface area contributed by atoms with Crippen LogP contribution in [0.5, 0.6) is 0 Å². The summed E-state index contributed by atoms with van der Waals surface area (Å²) in [5.41, 5.74) is 16.3. The minimum Gasteiger partial charge on any atom is -0.397 e. The number of nitrogens with two attached hydrogens (primary N) is 2. The van der Waals surface area contributed by atoms with Crippen molar-refractivity contribution in [2.24, 2.45) is 10.7 Å². The van der Waals surface area contributed by atoms with Crippen LogP contribution >= 0.6 is 0 Å². The first-order valence-corrected chi connectivity index (χ1v) is 5.62. The van der Waals surface area contributed by atoms with Crippen molar-refractivity contribution in [2.75, 3.05) is 11.1 Å². The summed E-state index contributed by atoms with van der Waals surface area (Å²) in [5, 5.41) is 3.07. The molecule has 1 aromatic heterocycles. The molecule has 1 unspecified atom stereocenters. The number of aromatic nitrogens is 1. The molecule has 90 valence electrons. The quantitative estimate of drug-likeness (QED) is 0.707. The molecule has 18 heavy (non-hydrogen) atoms. The first kappa shape index (κ1) is 10.7. The molecule has 0 radical (unpaired) electrons. The van der Waals surface area contributed by atoms with E-state index in [2.05, 4.69) is 15.3 Å². The lowest BCUT2D eigenvalue weighted by Crippen LogP contribution is -2.16. The zero-order valence-electron chi connectivity index (χ0n) is 9.67. The Bertz CT molecular complexity index is 621. The average molecular weight is 239 g/mol. The molecule has 0 fully saturated rings. The molecule has 1 atom stereocenters. The number of hydrogen-bond acceptors (Lipinski definition) is 5. The van der Waals surface area contributed by atoms with Crippen LogP contribution in [0.1, 0.15) is 11.7 Å². The van der Waals surface area contributed by atoms with Gasteiger partial charge in [0.2, 0.25) is 0 Å². The van der Waals surface area contributed by atoms with Crippen molar-refractivity contribution < 1.29 is 0 Å². The third-order valence-electron chi connectivity index (χ3n) is 2.92. The molecule has 1 aliphatic rings. The van der Waals surface area contributed by atoms with E-state index in [1.165, 1.54) is 0 Å². The molecule has 5 heteroatoms. The van der Waals surface area contributed by atoms with Gasteiger partial charge in [0.25, 0.3) is 0 Å². The highest BCUT2D eigenvalue weighted by atomic mass is 15.1. The highest BCUT2D eigenvalue weighted by Crippen LogP contribution is 2.30. The summed E-state index contributed by atoms with van der Waals surface area (Å²) < 4.78 is 0. The molecule has 0 saturated heterocycles. The van der Waals surface area contributed by atoms with Crippen molar-refractivity contribution in [3.05, 3.63) is 42.2 Å². The van der Waals surface area contributed by atoms with E-state index >= 15 is 0 Å². The van der Waals surface area contributed by atoms with Gasteiger partial charge in [0.05, 0.1) is 12.0 Å². The van der Waals surface area contributed by atoms with Crippen LogP contribution in [0.3, 0.4) is 0 Å². The summed E-state index contributed by atoms with van der Waals surface area (Å²) in [7, 11) is 0. The van der Waals surface area contributed by atoms with Gasteiger partial charge in [-0.15, -0.1) is 0 Å². The van der Waals surface area contributed by atoms with Crippen LogP contribution in [0.2, 0.25) is 0 Å². The van der Waals surface area contributed by atoms with Gasteiger partial charge in [-0.3, -0.25) is 9.98 Å². The van der Waals surface area contributed by atoms with Gasteiger partial charge in [-0.2, -0.15) is 0 Å². The summed E-state index contributed by atoms with van der Waals surface area (Å²) >= 11 is 0. The van der Waals surface area contributed by atoms with Gasteiger partial charge in [0.1, 0.15) is 6.17 Å². The van der Waals surface area contributed by atoms with Gasteiger partial charge in [-0.25, -0.2) is 0 Å². The number of rotatable bonds is 1. The fourth-order valence-corrected chi connectivity index (χ4v) is 2.00. The Balaban J connectivity index is 2.08. The maximum absolute atomic E-state index is 5.94. The lowest BCUT2D eigenvalue weighted by Gasteiger charge is -2.18. The number of anilines is 2. The van der Waals surface area contributed by atoms with E-state index in [0.717, 1.165) is 22.4 Å². The topological polar surface area (TPSA) is 89.3 Å². The fraction of sp³-hybridized carbons (Fsp3) is 0.0769. The number of benzene rings is 1. The lowest BCUT2D eigenvalue weighted by atomic mass is 10.0. The van der Waals surface area contributed by atoms with E-state index in [0.29, 0.717) is 5.69 Å². The summed E-state index contributed by atoms with van der Waals surface area (Å²) in [6.07, 6.45) is 4.70. The second-order valence-electron chi connectivity index (χ2n) is 4.18. The molecule has 0 spiro atoms.